The number of carbonyl (C=O) groups is 1. The topological polar surface area (TPSA) is 50.2 Å². The molecule has 130 valence electrons. The van der Waals surface area contributed by atoms with Gasteiger partial charge in [0.1, 0.15) is 5.52 Å². The van der Waals surface area contributed by atoms with Crippen LogP contribution in [0.5, 0.6) is 5.75 Å². The summed E-state index contributed by atoms with van der Waals surface area (Å²) in [4.78, 5) is 16.5. The third kappa shape index (κ3) is 5.33. The average molecular weight is 327 g/mol. The summed E-state index contributed by atoms with van der Waals surface area (Å²) in [5, 5.41) is 11.1. The number of nitrogens with zero attached hydrogens (tertiary/aromatic N) is 1. The molecular weight excluding hydrogens is 298 g/mol. The van der Waals surface area contributed by atoms with E-state index in [4.69, 9.17) is 0 Å². The van der Waals surface area contributed by atoms with Crippen LogP contribution in [0.25, 0.3) is 10.9 Å². The normalized spacial score (nSPS) is 11.0. The molecule has 1 aromatic heterocycles. The van der Waals surface area contributed by atoms with Crippen molar-refractivity contribution in [3.05, 3.63) is 36.0 Å². The summed E-state index contributed by atoms with van der Waals surface area (Å²) in [6, 6.07) is 7.28. The van der Waals surface area contributed by atoms with Gasteiger partial charge in [0.05, 0.1) is 5.56 Å². The van der Waals surface area contributed by atoms with E-state index in [1.165, 1.54) is 44.9 Å². The van der Waals surface area contributed by atoms with Gasteiger partial charge in [-0.2, -0.15) is 0 Å². The summed E-state index contributed by atoms with van der Waals surface area (Å²) >= 11 is 0. The molecule has 1 heterocycles. The summed E-state index contributed by atoms with van der Waals surface area (Å²) in [6.07, 6.45) is 13.2. The Kier molecular flexibility index (Phi) is 7.73. The Balaban J connectivity index is 1.72. The second-order valence-electron chi connectivity index (χ2n) is 6.54. The van der Waals surface area contributed by atoms with Gasteiger partial charge in [-0.25, -0.2) is 0 Å². The Morgan fingerprint density at radius 3 is 2.33 bits per heavy atom. The molecule has 0 amide bonds. The van der Waals surface area contributed by atoms with Crippen molar-refractivity contribution >= 4 is 16.7 Å². The number of pyridine rings is 1. The van der Waals surface area contributed by atoms with Crippen molar-refractivity contribution < 1.29 is 9.90 Å². The number of fused-ring (bicyclic) bond motifs is 1. The molecule has 1 aromatic carbocycles. The highest BCUT2D eigenvalue weighted by Crippen LogP contribution is 2.28. The molecule has 2 aromatic rings. The van der Waals surface area contributed by atoms with Gasteiger partial charge in [-0.05, 0) is 18.6 Å². The van der Waals surface area contributed by atoms with Gasteiger partial charge in [0.15, 0.2) is 11.5 Å². The number of benzene rings is 1. The van der Waals surface area contributed by atoms with Crippen LogP contribution in [0.3, 0.4) is 0 Å². The van der Waals surface area contributed by atoms with Gasteiger partial charge in [0.2, 0.25) is 0 Å². The van der Waals surface area contributed by atoms with Crippen LogP contribution < -0.4 is 0 Å². The van der Waals surface area contributed by atoms with Crippen molar-refractivity contribution in [3.8, 4) is 5.75 Å². The number of hydrogen-bond acceptors (Lipinski definition) is 3. The minimum atomic E-state index is 0.0167. The molecule has 0 fully saturated rings. The van der Waals surface area contributed by atoms with E-state index in [-0.39, 0.29) is 11.5 Å². The Hall–Kier alpha value is -1.90. The number of phenols is 1. The minimum absolute atomic E-state index is 0.0167. The molecule has 0 aliphatic rings. The quantitative estimate of drug-likeness (QED) is 0.404. The van der Waals surface area contributed by atoms with Crippen LogP contribution in [0.2, 0.25) is 0 Å². The number of rotatable bonds is 11. The number of Topliss-reactive ketones (excluding diaryl/α,β-unsaturated/α-hetero) is 1. The zero-order valence-electron chi connectivity index (χ0n) is 14.8. The number of ketones is 1. The summed E-state index contributed by atoms with van der Waals surface area (Å²) in [6.45, 7) is 2.24. The third-order valence-electron chi connectivity index (χ3n) is 4.56. The molecule has 0 aliphatic heterocycles. The lowest BCUT2D eigenvalue weighted by molar-refractivity contribution is 0.0976. The number of carbonyl (C=O) groups excluding carboxylic acids is 1. The number of aromatic hydroxyl groups is 1. The molecule has 2 rings (SSSR count). The molecule has 0 saturated heterocycles. The molecule has 0 aliphatic carbocycles. The highest BCUT2D eigenvalue weighted by molar-refractivity contribution is 6.03. The van der Waals surface area contributed by atoms with E-state index in [9.17, 15) is 9.90 Å². The van der Waals surface area contributed by atoms with Crippen molar-refractivity contribution in [3.63, 3.8) is 0 Å². The lowest BCUT2D eigenvalue weighted by Gasteiger charge is -2.07. The molecule has 0 radical (unpaired) electrons. The van der Waals surface area contributed by atoms with Gasteiger partial charge in [0, 0.05) is 18.0 Å². The fourth-order valence-corrected chi connectivity index (χ4v) is 3.09. The van der Waals surface area contributed by atoms with E-state index in [2.05, 4.69) is 11.9 Å². The third-order valence-corrected chi connectivity index (χ3v) is 4.56. The fourth-order valence-electron chi connectivity index (χ4n) is 3.09. The van der Waals surface area contributed by atoms with E-state index in [1.54, 1.807) is 12.3 Å². The first kappa shape index (κ1) is 18.4. The zero-order valence-corrected chi connectivity index (χ0v) is 14.8. The van der Waals surface area contributed by atoms with Gasteiger partial charge < -0.3 is 5.11 Å². The SMILES string of the molecule is CCCCCCCCCCCC(=O)c1ccc2cccnc2c1O. The molecule has 0 unspecified atom stereocenters. The van der Waals surface area contributed by atoms with Crippen LogP contribution in [0.15, 0.2) is 30.5 Å². The predicted molar refractivity (Wildman–Crippen MR) is 99.6 cm³/mol. The second kappa shape index (κ2) is 10.1. The summed E-state index contributed by atoms with van der Waals surface area (Å²) in [7, 11) is 0. The van der Waals surface area contributed by atoms with Crippen molar-refractivity contribution in [2.24, 2.45) is 0 Å². The maximum absolute atomic E-state index is 12.3. The van der Waals surface area contributed by atoms with E-state index >= 15 is 0 Å². The largest absolute Gasteiger partial charge is 0.505 e. The van der Waals surface area contributed by atoms with Crippen molar-refractivity contribution in [2.45, 2.75) is 71.1 Å². The maximum Gasteiger partial charge on any atom is 0.166 e. The molecule has 0 bridgehead atoms. The Morgan fingerprint density at radius 2 is 1.62 bits per heavy atom. The van der Waals surface area contributed by atoms with Gasteiger partial charge >= 0.3 is 0 Å². The predicted octanol–water partition coefficient (Wildman–Crippen LogP) is 6.04. The van der Waals surface area contributed by atoms with Crippen LogP contribution in [0.4, 0.5) is 0 Å². The van der Waals surface area contributed by atoms with Crippen LogP contribution >= 0.6 is 0 Å². The van der Waals surface area contributed by atoms with Gasteiger partial charge in [-0.15, -0.1) is 0 Å². The number of aromatic nitrogens is 1. The van der Waals surface area contributed by atoms with Crippen LogP contribution in [-0.2, 0) is 0 Å². The molecule has 0 spiro atoms. The van der Waals surface area contributed by atoms with E-state index in [1.807, 2.05) is 18.2 Å². The van der Waals surface area contributed by atoms with Crippen LogP contribution in [-0.4, -0.2) is 15.9 Å². The lowest BCUT2D eigenvalue weighted by atomic mass is 10.0. The molecule has 1 N–H and O–H groups in total. The van der Waals surface area contributed by atoms with Crippen LogP contribution in [0.1, 0.15) is 81.5 Å². The maximum atomic E-state index is 12.3. The first-order valence-corrected chi connectivity index (χ1v) is 9.34. The zero-order chi connectivity index (χ0) is 17.2. The fraction of sp³-hybridized carbons (Fsp3) is 0.524. The Morgan fingerprint density at radius 1 is 0.958 bits per heavy atom. The molecule has 0 saturated carbocycles. The van der Waals surface area contributed by atoms with Crippen molar-refractivity contribution in [1.82, 2.24) is 4.98 Å². The Bertz CT molecular complexity index is 651. The lowest BCUT2D eigenvalue weighted by Crippen LogP contribution is -2.00. The monoisotopic (exact) mass is 327 g/mol. The highest BCUT2D eigenvalue weighted by atomic mass is 16.3. The van der Waals surface area contributed by atoms with E-state index < -0.39 is 0 Å². The van der Waals surface area contributed by atoms with Gasteiger partial charge in [-0.1, -0.05) is 70.4 Å². The van der Waals surface area contributed by atoms with Crippen molar-refractivity contribution in [1.29, 1.82) is 0 Å². The minimum Gasteiger partial charge on any atom is -0.505 e. The highest BCUT2D eigenvalue weighted by Gasteiger charge is 2.14. The molecule has 24 heavy (non-hydrogen) atoms. The number of phenolic OH excluding ortho intramolecular Hbond substituents is 1. The number of hydrogen-bond donors (Lipinski definition) is 1. The van der Waals surface area contributed by atoms with Gasteiger partial charge in [0.25, 0.3) is 0 Å². The summed E-state index contributed by atoms with van der Waals surface area (Å²) in [5.74, 6) is 0.0389. The smallest absolute Gasteiger partial charge is 0.166 e. The van der Waals surface area contributed by atoms with Crippen molar-refractivity contribution in [2.75, 3.05) is 0 Å². The van der Waals surface area contributed by atoms with E-state index in [0.717, 1.165) is 18.2 Å². The standard InChI is InChI=1S/C21H29NO2/c1-2-3-4-5-6-7-8-9-10-13-19(23)18-15-14-17-12-11-16-22-20(17)21(18)24/h11-12,14-16,24H,2-10,13H2,1H3. The number of unbranched alkanes of at least 4 members (excludes halogenated alkanes) is 8. The molecule has 3 heteroatoms. The summed E-state index contributed by atoms with van der Waals surface area (Å²) < 4.78 is 0. The van der Waals surface area contributed by atoms with E-state index in [0.29, 0.717) is 17.5 Å². The molecular formula is C21H29NO2. The first-order chi connectivity index (χ1) is 11.7. The molecule has 3 nitrogen and oxygen atoms in total. The summed E-state index contributed by atoms with van der Waals surface area (Å²) in [5.41, 5.74) is 0.913. The second-order valence-corrected chi connectivity index (χ2v) is 6.54. The average Bonchev–Trinajstić information content (AvgIpc) is 2.60. The van der Waals surface area contributed by atoms with Crippen LogP contribution in [0, 0.1) is 0 Å². The molecule has 0 atom stereocenters. The Labute approximate surface area is 145 Å². The van der Waals surface area contributed by atoms with Gasteiger partial charge in [-0.3, -0.25) is 9.78 Å². The first-order valence-electron chi connectivity index (χ1n) is 9.34.